The molecule has 1 aliphatic rings. The third-order valence-corrected chi connectivity index (χ3v) is 2.44. The van der Waals surface area contributed by atoms with Crippen LogP contribution in [0.1, 0.15) is 12.0 Å². The maximum Gasteiger partial charge on any atom is 0.107 e. The number of rotatable bonds is 4. The fourth-order valence-corrected chi connectivity index (χ4v) is 1.48. The molecule has 2 rings (SSSR count). The summed E-state index contributed by atoms with van der Waals surface area (Å²) in [6.07, 6.45) is 1.60. The first-order valence-electron chi connectivity index (χ1n) is 4.82. The number of nitrogens with zero attached hydrogens (tertiary/aromatic N) is 1. The van der Waals surface area contributed by atoms with Gasteiger partial charge in [0.1, 0.15) is 6.23 Å². The van der Waals surface area contributed by atoms with Crippen LogP contribution in [0, 0.1) is 0 Å². The van der Waals surface area contributed by atoms with Crippen molar-refractivity contribution in [3.63, 3.8) is 0 Å². The summed E-state index contributed by atoms with van der Waals surface area (Å²) in [5, 5.41) is 9.58. The Bertz CT molecular complexity index is 256. The lowest BCUT2D eigenvalue weighted by Gasteiger charge is -2.10. The van der Waals surface area contributed by atoms with Gasteiger partial charge in [-0.1, -0.05) is 30.3 Å². The topological polar surface area (TPSA) is 23.2 Å². The summed E-state index contributed by atoms with van der Waals surface area (Å²) in [4.78, 5) is 2.07. The Balaban J connectivity index is 1.78. The van der Waals surface area contributed by atoms with Crippen molar-refractivity contribution in [2.24, 2.45) is 0 Å². The molecule has 1 N–H and O–H groups in total. The first-order chi connectivity index (χ1) is 6.36. The monoisotopic (exact) mass is 177 g/mol. The molecule has 0 radical (unpaired) electrons. The van der Waals surface area contributed by atoms with Gasteiger partial charge in [0.2, 0.25) is 0 Å². The van der Waals surface area contributed by atoms with Crippen LogP contribution < -0.4 is 0 Å². The second kappa shape index (κ2) is 3.90. The number of aliphatic hydroxyl groups excluding tert-OH is 1. The van der Waals surface area contributed by atoms with Crippen molar-refractivity contribution in [1.29, 1.82) is 0 Å². The SMILES string of the molecule is OC(CCc1ccccc1)N1CC1. The molecule has 1 aliphatic heterocycles. The summed E-state index contributed by atoms with van der Waals surface area (Å²) in [6.45, 7) is 2.13. The minimum Gasteiger partial charge on any atom is -0.378 e. The van der Waals surface area contributed by atoms with Crippen molar-refractivity contribution < 1.29 is 5.11 Å². The Morgan fingerprint density at radius 3 is 2.54 bits per heavy atom. The van der Waals surface area contributed by atoms with E-state index in [1.165, 1.54) is 5.56 Å². The molecule has 2 heteroatoms. The molecule has 0 saturated carbocycles. The molecule has 2 nitrogen and oxygen atoms in total. The van der Waals surface area contributed by atoms with E-state index in [4.69, 9.17) is 0 Å². The second-order valence-electron chi connectivity index (χ2n) is 3.54. The van der Waals surface area contributed by atoms with Crippen LogP contribution in [0.15, 0.2) is 30.3 Å². The van der Waals surface area contributed by atoms with Crippen LogP contribution >= 0.6 is 0 Å². The lowest BCUT2D eigenvalue weighted by atomic mass is 10.1. The van der Waals surface area contributed by atoms with Gasteiger partial charge in [-0.15, -0.1) is 0 Å². The van der Waals surface area contributed by atoms with E-state index in [1.807, 2.05) is 18.2 Å². The molecule has 0 amide bonds. The summed E-state index contributed by atoms with van der Waals surface area (Å²) < 4.78 is 0. The van der Waals surface area contributed by atoms with E-state index in [1.54, 1.807) is 0 Å². The van der Waals surface area contributed by atoms with Gasteiger partial charge in [-0.25, -0.2) is 0 Å². The summed E-state index contributed by atoms with van der Waals surface area (Å²) >= 11 is 0. The molecule has 1 aromatic carbocycles. The average molecular weight is 177 g/mol. The number of hydrogen-bond donors (Lipinski definition) is 1. The van der Waals surface area contributed by atoms with Crippen molar-refractivity contribution in [2.75, 3.05) is 13.1 Å². The second-order valence-corrected chi connectivity index (χ2v) is 3.54. The van der Waals surface area contributed by atoms with Crippen LogP contribution in [0.4, 0.5) is 0 Å². The van der Waals surface area contributed by atoms with Crippen LogP contribution in [-0.2, 0) is 6.42 Å². The van der Waals surface area contributed by atoms with E-state index in [9.17, 15) is 5.11 Å². The van der Waals surface area contributed by atoms with Gasteiger partial charge in [0.15, 0.2) is 0 Å². The number of aryl methyl sites for hydroxylation is 1. The highest BCUT2D eigenvalue weighted by Crippen LogP contribution is 2.13. The van der Waals surface area contributed by atoms with Crippen molar-refractivity contribution in [3.8, 4) is 0 Å². The average Bonchev–Trinajstić information content (AvgIpc) is 2.99. The quantitative estimate of drug-likeness (QED) is 0.700. The normalized spacial score (nSPS) is 18.5. The molecular weight excluding hydrogens is 162 g/mol. The Morgan fingerprint density at radius 2 is 1.92 bits per heavy atom. The van der Waals surface area contributed by atoms with Crippen molar-refractivity contribution in [1.82, 2.24) is 4.90 Å². The molecule has 13 heavy (non-hydrogen) atoms. The summed E-state index contributed by atoms with van der Waals surface area (Å²) in [5.74, 6) is 0. The van der Waals surface area contributed by atoms with Crippen LogP contribution in [0.5, 0.6) is 0 Å². The van der Waals surface area contributed by atoms with E-state index in [-0.39, 0.29) is 6.23 Å². The van der Waals surface area contributed by atoms with Crippen LogP contribution in [0.2, 0.25) is 0 Å². The smallest absolute Gasteiger partial charge is 0.107 e. The lowest BCUT2D eigenvalue weighted by Crippen LogP contribution is -2.18. The summed E-state index contributed by atoms with van der Waals surface area (Å²) in [5.41, 5.74) is 1.31. The number of hydrogen-bond acceptors (Lipinski definition) is 2. The maximum atomic E-state index is 9.58. The fraction of sp³-hybridized carbons (Fsp3) is 0.455. The first-order valence-corrected chi connectivity index (χ1v) is 4.82. The van der Waals surface area contributed by atoms with E-state index in [0.29, 0.717) is 0 Å². The van der Waals surface area contributed by atoms with Gasteiger partial charge in [-0.05, 0) is 18.4 Å². The Kier molecular flexibility index (Phi) is 2.62. The van der Waals surface area contributed by atoms with E-state index in [2.05, 4.69) is 17.0 Å². The van der Waals surface area contributed by atoms with Gasteiger partial charge in [0, 0.05) is 13.1 Å². The molecule has 1 atom stereocenters. The van der Waals surface area contributed by atoms with Crippen LogP contribution in [0.25, 0.3) is 0 Å². The Hall–Kier alpha value is -0.860. The van der Waals surface area contributed by atoms with Crippen LogP contribution in [0.3, 0.4) is 0 Å². The maximum absolute atomic E-state index is 9.58. The van der Waals surface area contributed by atoms with E-state index in [0.717, 1.165) is 25.9 Å². The molecule has 70 valence electrons. The fourth-order valence-electron chi connectivity index (χ4n) is 1.48. The minimum atomic E-state index is -0.222. The third-order valence-electron chi connectivity index (χ3n) is 2.44. The third kappa shape index (κ3) is 2.54. The highest BCUT2D eigenvalue weighted by Gasteiger charge is 2.24. The zero-order chi connectivity index (χ0) is 9.10. The van der Waals surface area contributed by atoms with Gasteiger partial charge in [0.05, 0.1) is 0 Å². The molecule has 1 aromatic rings. The summed E-state index contributed by atoms with van der Waals surface area (Å²) in [7, 11) is 0. The van der Waals surface area contributed by atoms with Gasteiger partial charge in [-0.3, -0.25) is 4.90 Å². The van der Waals surface area contributed by atoms with Gasteiger partial charge in [0.25, 0.3) is 0 Å². The molecule has 1 heterocycles. The highest BCUT2D eigenvalue weighted by atomic mass is 16.3. The van der Waals surface area contributed by atoms with Crippen molar-refractivity contribution in [2.45, 2.75) is 19.1 Å². The van der Waals surface area contributed by atoms with Crippen molar-refractivity contribution in [3.05, 3.63) is 35.9 Å². The minimum absolute atomic E-state index is 0.222. The molecule has 0 aromatic heterocycles. The van der Waals surface area contributed by atoms with E-state index < -0.39 is 0 Å². The molecule has 0 spiro atoms. The van der Waals surface area contributed by atoms with Crippen LogP contribution in [-0.4, -0.2) is 29.3 Å². The standard InChI is InChI=1S/C11H15NO/c13-11(12-8-9-12)7-6-10-4-2-1-3-5-10/h1-5,11,13H,6-9H2. The van der Waals surface area contributed by atoms with E-state index >= 15 is 0 Å². The predicted molar refractivity (Wildman–Crippen MR) is 52.3 cm³/mol. The molecular formula is C11H15NO. The lowest BCUT2D eigenvalue weighted by molar-refractivity contribution is 0.0726. The largest absolute Gasteiger partial charge is 0.378 e. The van der Waals surface area contributed by atoms with Crippen molar-refractivity contribution >= 4 is 0 Å². The number of aliphatic hydroxyl groups is 1. The summed E-state index contributed by atoms with van der Waals surface area (Å²) in [6, 6.07) is 10.3. The molecule has 1 fully saturated rings. The van der Waals surface area contributed by atoms with Gasteiger partial charge in [-0.2, -0.15) is 0 Å². The molecule has 1 saturated heterocycles. The molecule has 0 aliphatic carbocycles. The molecule has 0 bridgehead atoms. The first kappa shape index (κ1) is 8.73. The Morgan fingerprint density at radius 1 is 1.23 bits per heavy atom. The zero-order valence-electron chi connectivity index (χ0n) is 7.69. The Labute approximate surface area is 78.8 Å². The van der Waals surface area contributed by atoms with Gasteiger partial charge < -0.3 is 5.11 Å². The predicted octanol–water partition coefficient (Wildman–Crippen LogP) is 1.25. The zero-order valence-corrected chi connectivity index (χ0v) is 7.69. The van der Waals surface area contributed by atoms with Gasteiger partial charge >= 0.3 is 0 Å². The number of benzene rings is 1. The highest BCUT2D eigenvalue weighted by molar-refractivity contribution is 5.14. The molecule has 1 unspecified atom stereocenters.